The predicted octanol–water partition coefficient (Wildman–Crippen LogP) is 2.00. The smallest absolute Gasteiger partial charge is 0.224 e. The van der Waals surface area contributed by atoms with Crippen molar-refractivity contribution in [1.82, 2.24) is 9.97 Å². The molecule has 62 valence electrons. The minimum atomic E-state index is 0.274. The Bertz CT molecular complexity index is 335. The molecule has 2 heterocycles. The molecule has 0 aromatic carbocycles. The van der Waals surface area contributed by atoms with E-state index in [1.165, 1.54) is 0 Å². The molecule has 1 aliphatic heterocycles. The topological polar surface area (TPSA) is 37.8 Å². The lowest BCUT2D eigenvalue weighted by atomic mass is 10.1. The summed E-state index contributed by atoms with van der Waals surface area (Å²) in [7, 11) is 0. The number of halogens is 1. The first-order chi connectivity index (χ1) is 5.75. The zero-order valence-electron chi connectivity index (χ0n) is 6.47. The van der Waals surface area contributed by atoms with Gasteiger partial charge < -0.3 is 5.32 Å². The number of hydrogen-bond acceptors (Lipinski definition) is 3. The van der Waals surface area contributed by atoms with Crippen LogP contribution in [-0.2, 0) is 6.42 Å². The van der Waals surface area contributed by atoms with Crippen molar-refractivity contribution in [3.8, 4) is 0 Å². The number of aromatic nitrogens is 2. The van der Waals surface area contributed by atoms with E-state index in [1.54, 1.807) is 6.20 Å². The van der Waals surface area contributed by atoms with Crippen molar-refractivity contribution in [3.05, 3.63) is 29.3 Å². The zero-order chi connectivity index (χ0) is 8.55. The molecule has 1 aromatic rings. The molecule has 12 heavy (non-hydrogen) atoms. The molecule has 4 heteroatoms. The standard InChI is InChI=1S/C8H8ClN3/c1-5-2-3-6-4-10-8(9)12-7(6)11-5/h4H,1-3H2,(H,10,11,12). The highest BCUT2D eigenvalue weighted by molar-refractivity contribution is 6.28. The molecule has 0 atom stereocenters. The van der Waals surface area contributed by atoms with E-state index in [0.29, 0.717) is 0 Å². The van der Waals surface area contributed by atoms with Crippen LogP contribution in [0.5, 0.6) is 0 Å². The molecule has 0 bridgehead atoms. The van der Waals surface area contributed by atoms with E-state index < -0.39 is 0 Å². The highest BCUT2D eigenvalue weighted by Gasteiger charge is 2.12. The van der Waals surface area contributed by atoms with Crippen LogP contribution < -0.4 is 5.32 Å². The van der Waals surface area contributed by atoms with E-state index in [4.69, 9.17) is 11.6 Å². The van der Waals surface area contributed by atoms with Crippen molar-refractivity contribution in [1.29, 1.82) is 0 Å². The van der Waals surface area contributed by atoms with E-state index in [1.807, 2.05) is 0 Å². The third-order valence-corrected chi connectivity index (χ3v) is 2.01. The Morgan fingerprint density at radius 1 is 1.50 bits per heavy atom. The van der Waals surface area contributed by atoms with Crippen LogP contribution in [0.4, 0.5) is 5.82 Å². The molecular weight excluding hydrogens is 174 g/mol. The maximum atomic E-state index is 5.63. The number of allylic oxidation sites excluding steroid dienone is 1. The van der Waals surface area contributed by atoms with Crippen molar-refractivity contribution < 1.29 is 0 Å². The molecule has 0 spiro atoms. The van der Waals surface area contributed by atoms with E-state index in [2.05, 4.69) is 21.9 Å². The lowest BCUT2D eigenvalue weighted by molar-refractivity contribution is 0.887. The summed E-state index contributed by atoms with van der Waals surface area (Å²) in [5.41, 5.74) is 2.09. The fraction of sp³-hybridized carbons (Fsp3) is 0.250. The molecule has 1 aliphatic rings. The average Bonchev–Trinajstić information content (AvgIpc) is 2.03. The van der Waals surface area contributed by atoms with Gasteiger partial charge in [-0.15, -0.1) is 0 Å². The summed E-state index contributed by atoms with van der Waals surface area (Å²) in [6.45, 7) is 3.83. The first-order valence-electron chi connectivity index (χ1n) is 3.72. The number of nitrogens with zero attached hydrogens (tertiary/aromatic N) is 2. The highest BCUT2D eigenvalue weighted by atomic mass is 35.5. The second kappa shape index (κ2) is 2.75. The summed E-state index contributed by atoms with van der Waals surface area (Å²) in [5, 5.41) is 3.34. The van der Waals surface area contributed by atoms with Crippen LogP contribution >= 0.6 is 11.6 Å². The lowest BCUT2D eigenvalue weighted by Gasteiger charge is -2.17. The molecule has 0 radical (unpaired) electrons. The van der Waals surface area contributed by atoms with E-state index in [0.717, 1.165) is 29.9 Å². The summed E-state index contributed by atoms with van der Waals surface area (Å²) >= 11 is 5.63. The molecule has 0 saturated heterocycles. The second-order valence-corrected chi connectivity index (χ2v) is 3.08. The fourth-order valence-corrected chi connectivity index (χ4v) is 1.33. The van der Waals surface area contributed by atoms with Gasteiger partial charge in [0.2, 0.25) is 5.28 Å². The molecule has 0 saturated carbocycles. The first kappa shape index (κ1) is 7.55. The van der Waals surface area contributed by atoms with Gasteiger partial charge in [0.1, 0.15) is 5.82 Å². The van der Waals surface area contributed by atoms with Gasteiger partial charge in [-0.05, 0) is 24.4 Å². The van der Waals surface area contributed by atoms with E-state index in [9.17, 15) is 0 Å². The predicted molar refractivity (Wildman–Crippen MR) is 48.1 cm³/mol. The summed E-state index contributed by atoms with van der Waals surface area (Å²) in [6.07, 6.45) is 3.64. The summed E-state index contributed by atoms with van der Waals surface area (Å²) < 4.78 is 0. The lowest BCUT2D eigenvalue weighted by Crippen LogP contribution is -2.11. The third kappa shape index (κ3) is 1.28. The van der Waals surface area contributed by atoms with Gasteiger partial charge in [-0.2, -0.15) is 0 Å². The molecule has 0 unspecified atom stereocenters. The molecule has 0 fully saturated rings. The average molecular weight is 182 g/mol. The van der Waals surface area contributed by atoms with Crippen molar-refractivity contribution in [2.24, 2.45) is 0 Å². The van der Waals surface area contributed by atoms with Crippen LogP contribution in [0.2, 0.25) is 5.28 Å². The van der Waals surface area contributed by atoms with E-state index in [-0.39, 0.29) is 5.28 Å². The third-order valence-electron chi connectivity index (χ3n) is 1.83. The minimum Gasteiger partial charge on any atom is -0.344 e. The zero-order valence-corrected chi connectivity index (χ0v) is 7.23. The van der Waals surface area contributed by atoms with Crippen LogP contribution in [0.1, 0.15) is 12.0 Å². The number of anilines is 1. The van der Waals surface area contributed by atoms with Gasteiger partial charge in [-0.1, -0.05) is 6.58 Å². The van der Waals surface area contributed by atoms with E-state index >= 15 is 0 Å². The van der Waals surface area contributed by atoms with Crippen LogP contribution in [0.3, 0.4) is 0 Å². The SMILES string of the molecule is C=C1CCc2cnc(Cl)nc2N1. The normalized spacial score (nSPS) is 15.2. The summed E-state index contributed by atoms with van der Waals surface area (Å²) in [5.74, 6) is 0.797. The minimum absolute atomic E-state index is 0.274. The van der Waals surface area contributed by atoms with Gasteiger partial charge in [-0.25, -0.2) is 9.97 Å². The van der Waals surface area contributed by atoms with Gasteiger partial charge >= 0.3 is 0 Å². The molecule has 1 N–H and O–H groups in total. The number of nitrogens with one attached hydrogen (secondary N) is 1. The van der Waals surface area contributed by atoms with Gasteiger partial charge in [0.15, 0.2) is 0 Å². The molecule has 1 aromatic heterocycles. The Hall–Kier alpha value is -1.09. The highest BCUT2D eigenvalue weighted by Crippen LogP contribution is 2.23. The molecule has 3 nitrogen and oxygen atoms in total. The van der Waals surface area contributed by atoms with Crippen LogP contribution in [0.15, 0.2) is 18.5 Å². The fourth-order valence-electron chi connectivity index (χ4n) is 1.19. The monoisotopic (exact) mass is 181 g/mol. The Kier molecular flexibility index (Phi) is 1.73. The second-order valence-electron chi connectivity index (χ2n) is 2.74. The van der Waals surface area contributed by atoms with Gasteiger partial charge in [0, 0.05) is 17.5 Å². The number of aryl methyl sites for hydroxylation is 1. The van der Waals surface area contributed by atoms with Crippen LogP contribution in [0, 0.1) is 0 Å². The Morgan fingerprint density at radius 2 is 2.33 bits per heavy atom. The molecule has 0 aliphatic carbocycles. The van der Waals surface area contributed by atoms with Crippen molar-refractivity contribution in [3.63, 3.8) is 0 Å². The maximum absolute atomic E-state index is 5.63. The quantitative estimate of drug-likeness (QED) is 0.623. The van der Waals surface area contributed by atoms with Crippen LogP contribution in [0.25, 0.3) is 0 Å². The summed E-state index contributed by atoms with van der Waals surface area (Å²) in [4.78, 5) is 7.95. The number of rotatable bonds is 0. The Labute approximate surface area is 75.5 Å². The van der Waals surface area contributed by atoms with Crippen molar-refractivity contribution in [2.45, 2.75) is 12.8 Å². The Balaban J connectivity index is 2.44. The molecular formula is C8H8ClN3. The summed E-state index contributed by atoms with van der Waals surface area (Å²) in [6, 6.07) is 0. The first-order valence-corrected chi connectivity index (χ1v) is 4.10. The molecule has 2 rings (SSSR count). The van der Waals surface area contributed by atoms with Gasteiger partial charge in [0.05, 0.1) is 0 Å². The van der Waals surface area contributed by atoms with Gasteiger partial charge in [0.25, 0.3) is 0 Å². The van der Waals surface area contributed by atoms with Gasteiger partial charge in [-0.3, -0.25) is 0 Å². The number of fused-ring (bicyclic) bond motifs is 1. The Morgan fingerprint density at radius 3 is 3.17 bits per heavy atom. The molecule has 0 amide bonds. The number of hydrogen-bond donors (Lipinski definition) is 1. The maximum Gasteiger partial charge on any atom is 0.224 e. The van der Waals surface area contributed by atoms with Crippen molar-refractivity contribution >= 4 is 17.4 Å². The van der Waals surface area contributed by atoms with Crippen LogP contribution in [-0.4, -0.2) is 9.97 Å². The largest absolute Gasteiger partial charge is 0.344 e. The van der Waals surface area contributed by atoms with Crippen molar-refractivity contribution in [2.75, 3.05) is 5.32 Å².